The lowest BCUT2D eigenvalue weighted by Gasteiger charge is -2.19. The molecule has 0 unspecified atom stereocenters. The van der Waals surface area contributed by atoms with E-state index in [0.29, 0.717) is 17.4 Å². The van der Waals surface area contributed by atoms with E-state index in [4.69, 9.17) is 10.5 Å². The van der Waals surface area contributed by atoms with E-state index in [1.807, 2.05) is 18.2 Å². The summed E-state index contributed by atoms with van der Waals surface area (Å²) in [6.45, 7) is 0. The summed E-state index contributed by atoms with van der Waals surface area (Å²) in [5.41, 5.74) is 5.51. The number of nitrogens with zero attached hydrogens (tertiary/aromatic N) is 4. The number of methoxy groups -OCH3 is 1. The highest BCUT2D eigenvalue weighted by atomic mass is 16.5. The van der Waals surface area contributed by atoms with Crippen LogP contribution < -0.4 is 27.0 Å². The molecule has 0 saturated carbocycles. The number of aliphatic imine (C=N–C) groups is 1. The van der Waals surface area contributed by atoms with Crippen LogP contribution in [0.25, 0.3) is 0 Å². The zero-order valence-corrected chi connectivity index (χ0v) is 14.9. The number of guanidine groups is 1. The largest absolute Gasteiger partial charge is 0.495 e. The minimum Gasteiger partial charge on any atom is -0.495 e. The van der Waals surface area contributed by atoms with Crippen molar-refractivity contribution in [1.29, 1.82) is 0 Å². The van der Waals surface area contributed by atoms with E-state index >= 15 is 0 Å². The van der Waals surface area contributed by atoms with Gasteiger partial charge in [-0.2, -0.15) is 0 Å². The topological polar surface area (TPSA) is 107 Å². The molecule has 0 radical (unpaired) electrons. The summed E-state index contributed by atoms with van der Waals surface area (Å²) in [5, 5.41) is 3.11. The Morgan fingerprint density at radius 1 is 1.20 bits per heavy atom. The molecule has 2 rings (SSSR count). The number of ether oxygens (including phenoxy) is 1. The van der Waals surface area contributed by atoms with Gasteiger partial charge in [-0.25, -0.2) is 9.79 Å². The van der Waals surface area contributed by atoms with Crippen molar-refractivity contribution >= 4 is 23.2 Å². The van der Waals surface area contributed by atoms with Crippen LogP contribution in [-0.2, 0) is 14.1 Å². The monoisotopic (exact) mass is 346 g/mol. The number of aromatic nitrogens is 2. The van der Waals surface area contributed by atoms with Crippen molar-refractivity contribution in [1.82, 2.24) is 14.0 Å². The van der Waals surface area contributed by atoms with Gasteiger partial charge in [0, 0.05) is 28.2 Å². The van der Waals surface area contributed by atoms with Crippen LogP contribution in [0, 0.1) is 0 Å². The number of rotatable bonds is 3. The summed E-state index contributed by atoms with van der Waals surface area (Å²) in [7, 11) is 7.96. The molecule has 1 aromatic heterocycles. The first-order chi connectivity index (χ1) is 11.8. The Bertz CT molecular complexity index is 926. The lowest BCUT2D eigenvalue weighted by molar-refractivity contribution is 0.416. The number of hydrogen-bond acceptors (Lipinski definition) is 5. The Morgan fingerprint density at radius 2 is 1.84 bits per heavy atom. The Morgan fingerprint density at radius 3 is 2.44 bits per heavy atom. The van der Waals surface area contributed by atoms with Crippen molar-refractivity contribution in [2.75, 3.05) is 32.3 Å². The molecular formula is C16H22N6O3. The standard InChI is InChI=1S/C16H22N6O3/c1-20(2)15(18-10-8-6-7-9-11(10)25-5)19-12-13(17)21(3)16(24)22(4)14(12)23/h6-9H,17H2,1-5H3,(H,18,19). The van der Waals surface area contributed by atoms with E-state index in [0.717, 1.165) is 4.57 Å². The Balaban J connectivity index is 2.60. The molecule has 2 aromatic rings. The molecule has 9 nitrogen and oxygen atoms in total. The highest BCUT2D eigenvalue weighted by Crippen LogP contribution is 2.24. The van der Waals surface area contributed by atoms with Crippen molar-refractivity contribution in [3.8, 4) is 5.75 Å². The van der Waals surface area contributed by atoms with Gasteiger partial charge in [0.2, 0.25) is 5.96 Å². The SMILES string of the molecule is COc1ccccc1NC(=Nc1c(N)n(C)c(=O)n(C)c1=O)N(C)C. The Kier molecular flexibility index (Phi) is 5.16. The van der Waals surface area contributed by atoms with Crippen LogP contribution >= 0.6 is 0 Å². The molecule has 0 aliphatic carbocycles. The highest BCUT2D eigenvalue weighted by molar-refractivity contribution is 5.96. The van der Waals surface area contributed by atoms with Crippen LogP contribution in [-0.4, -0.2) is 41.2 Å². The average molecular weight is 346 g/mol. The minimum absolute atomic E-state index is 0.00530. The fraction of sp³-hybridized carbons (Fsp3) is 0.312. The van der Waals surface area contributed by atoms with Crippen LogP contribution in [0.2, 0.25) is 0 Å². The van der Waals surface area contributed by atoms with Gasteiger partial charge in [-0.1, -0.05) is 12.1 Å². The number of nitrogen functional groups attached to an aromatic ring is 1. The van der Waals surface area contributed by atoms with Crippen LogP contribution in [0.15, 0.2) is 38.8 Å². The highest BCUT2D eigenvalue weighted by Gasteiger charge is 2.15. The normalized spacial score (nSPS) is 11.3. The Labute approximate surface area is 145 Å². The van der Waals surface area contributed by atoms with E-state index in [1.54, 1.807) is 32.2 Å². The first kappa shape index (κ1) is 18.1. The van der Waals surface area contributed by atoms with Crippen LogP contribution in [0.4, 0.5) is 17.2 Å². The molecule has 134 valence electrons. The van der Waals surface area contributed by atoms with Gasteiger partial charge in [-0.05, 0) is 12.1 Å². The van der Waals surface area contributed by atoms with Crippen molar-refractivity contribution < 1.29 is 4.74 Å². The minimum atomic E-state index is -0.568. The predicted octanol–water partition coefficient (Wildman–Crippen LogP) is 0.336. The summed E-state index contributed by atoms with van der Waals surface area (Å²) in [6, 6.07) is 7.31. The van der Waals surface area contributed by atoms with E-state index < -0.39 is 11.2 Å². The van der Waals surface area contributed by atoms with E-state index in [1.165, 1.54) is 18.7 Å². The predicted molar refractivity (Wildman–Crippen MR) is 98.7 cm³/mol. The summed E-state index contributed by atoms with van der Waals surface area (Å²) in [5.74, 6) is 0.986. The summed E-state index contributed by atoms with van der Waals surface area (Å²) < 4.78 is 7.45. The fourth-order valence-electron chi connectivity index (χ4n) is 2.16. The van der Waals surface area contributed by atoms with Gasteiger partial charge >= 0.3 is 5.69 Å². The lowest BCUT2D eigenvalue weighted by Crippen LogP contribution is -2.38. The van der Waals surface area contributed by atoms with Crippen molar-refractivity contribution in [2.45, 2.75) is 0 Å². The molecule has 25 heavy (non-hydrogen) atoms. The van der Waals surface area contributed by atoms with Gasteiger partial charge in [-0.15, -0.1) is 0 Å². The molecule has 0 saturated heterocycles. The zero-order chi connectivity index (χ0) is 18.7. The zero-order valence-electron chi connectivity index (χ0n) is 14.9. The molecule has 0 amide bonds. The summed E-state index contributed by atoms with van der Waals surface area (Å²) in [4.78, 5) is 30.3. The maximum atomic E-state index is 12.4. The molecule has 0 aliphatic rings. The molecule has 1 heterocycles. The van der Waals surface area contributed by atoms with Gasteiger partial charge in [0.25, 0.3) is 5.56 Å². The molecule has 9 heteroatoms. The lowest BCUT2D eigenvalue weighted by atomic mass is 10.3. The van der Waals surface area contributed by atoms with Crippen molar-refractivity contribution in [3.63, 3.8) is 0 Å². The molecule has 0 fully saturated rings. The maximum Gasteiger partial charge on any atom is 0.332 e. The molecule has 1 aromatic carbocycles. The van der Waals surface area contributed by atoms with E-state index in [-0.39, 0.29) is 11.5 Å². The molecule has 0 bridgehead atoms. The number of nitrogens with two attached hydrogens (primary N) is 1. The van der Waals surface area contributed by atoms with Crippen LogP contribution in [0.1, 0.15) is 0 Å². The number of benzene rings is 1. The smallest absolute Gasteiger partial charge is 0.332 e. The molecule has 0 atom stereocenters. The number of hydrogen-bond donors (Lipinski definition) is 2. The number of nitrogens with one attached hydrogen (secondary N) is 1. The molecule has 0 spiro atoms. The second kappa shape index (κ2) is 7.12. The summed E-state index contributed by atoms with van der Waals surface area (Å²) in [6.07, 6.45) is 0. The van der Waals surface area contributed by atoms with Gasteiger partial charge in [0.1, 0.15) is 11.6 Å². The third kappa shape index (κ3) is 3.49. The van der Waals surface area contributed by atoms with E-state index in [2.05, 4.69) is 10.3 Å². The third-order valence-electron chi connectivity index (χ3n) is 3.68. The average Bonchev–Trinajstić information content (AvgIpc) is 2.61. The second-order valence-corrected chi connectivity index (χ2v) is 5.59. The van der Waals surface area contributed by atoms with Crippen molar-refractivity contribution in [2.24, 2.45) is 19.1 Å². The van der Waals surface area contributed by atoms with E-state index in [9.17, 15) is 9.59 Å². The van der Waals surface area contributed by atoms with Gasteiger partial charge in [-0.3, -0.25) is 13.9 Å². The first-order valence-electron chi connectivity index (χ1n) is 7.49. The second-order valence-electron chi connectivity index (χ2n) is 5.59. The number of para-hydroxylation sites is 2. The van der Waals surface area contributed by atoms with Crippen LogP contribution in [0.5, 0.6) is 5.75 Å². The number of anilines is 2. The maximum absolute atomic E-state index is 12.4. The Hall–Kier alpha value is -3.23. The van der Waals surface area contributed by atoms with Gasteiger partial charge in [0.15, 0.2) is 5.69 Å². The van der Waals surface area contributed by atoms with Gasteiger partial charge in [0.05, 0.1) is 12.8 Å². The quantitative estimate of drug-likeness (QED) is 0.613. The third-order valence-corrected chi connectivity index (χ3v) is 3.68. The van der Waals surface area contributed by atoms with Gasteiger partial charge < -0.3 is 20.7 Å². The molecular weight excluding hydrogens is 324 g/mol. The van der Waals surface area contributed by atoms with Crippen LogP contribution in [0.3, 0.4) is 0 Å². The molecule has 0 aliphatic heterocycles. The summed E-state index contributed by atoms with van der Waals surface area (Å²) >= 11 is 0. The molecule has 3 N–H and O–H groups in total. The first-order valence-corrected chi connectivity index (χ1v) is 7.49. The van der Waals surface area contributed by atoms with Crippen molar-refractivity contribution in [3.05, 3.63) is 45.1 Å². The fourth-order valence-corrected chi connectivity index (χ4v) is 2.16.